The first-order valence-corrected chi connectivity index (χ1v) is 11.3. The van der Waals surface area contributed by atoms with Crippen LogP contribution in [0.1, 0.15) is 44.7 Å². The minimum absolute atomic E-state index is 0.00466. The Kier molecular flexibility index (Phi) is 6.84. The molecule has 0 spiro atoms. The molecule has 1 atom stereocenters. The highest BCUT2D eigenvalue weighted by Gasteiger charge is 2.18. The van der Waals surface area contributed by atoms with Crippen molar-refractivity contribution in [1.29, 1.82) is 0 Å². The molecular weight excluding hydrogens is 414 g/mol. The zero-order valence-electron chi connectivity index (χ0n) is 19.5. The minimum Gasteiger partial charge on any atom is -0.394 e. The molecule has 8 nitrogen and oxygen atoms in total. The second-order valence-corrected chi connectivity index (χ2v) is 8.81. The van der Waals surface area contributed by atoms with Gasteiger partial charge in [-0.1, -0.05) is 64.1 Å². The van der Waals surface area contributed by atoms with Gasteiger partial charge in [0.2, 0.25) is 11.9 Å². The molecule has 0 bridgehead atoms. The molecule has 4 aromatic rings. The lowest BCUT2D eigenvalue weighted by Gasteiger charge is -2.20. The lowest BCUT2D eigenvalue weighted by Crippen LogP contribution is -2.30. The van der Waals surface area contributed by atoms with Crippen molar-refractivity contribution in [3.8, 4) is 11.3 Å². The van der Waals surface area contributed by atoms with E-state index in [0.29, 0.717) is 18.4 Å². The first-order valence-electron chi connectivity index (χ1n) is 11.3. The third-order valence-corrected chi connectivity index (χ3v) is 5.68. The molecule has 0 aliphatic rings. The van der Waals surface area contributed by atoms with Crippen LogP contribution in [0.3, 0.4) is 0 Å². The van der Waals surface area contributed by atoms with E-state index >= 15 is 0 Å². The number of hydrogen-bond donors (Lipinski definition) is 3. The van der Waals surface area contributed by atoms with Gasteiger partial charge < -0.3 is 15.7 Å². The highest BCUT2D eigenvalue weighted by atomic mass is 16.3. The topological polar surface area (TPSA) is 100 Å². The van der Waals surface area contributed by atoms with Crippen molar-refractivity contribution in [2.75, 3.05) is 17.2 Å². The number of benzene rings is 1. The van der Waals surface area contributed by atoms with Crippen molar-refractivity contribution >= 4 is 17.5 Å². The van der Waals surface area contributed by atoms with Gasteiger partial charge in [0.1, 0.15) is 0 Å². The van der Waals surface area contributed by atoms with E-state index < -0.39 is 0 Å². The summed E-state index contributed by atoms with van der Waals surface area (Å²) in [5, 5.41) is 20.9. The summed E-state index contributed by atoms with van der Waals surface area (Å²) in [4.78, 5) is 14.0. The van der Waals surface area contributed by atoms with E-state index in [2.05, 4.69) is 59.5 Å². The van der Waals surface area contributed by atoms with Crippen molar-refractivity contribution < 1.29 is 5.11 Å². The molecule has 8 heteroatoms. The van der Waals surface area contributed by atoms with Gasteiger partial charge in [-0.3, -0.25) is 4.98 Å². The van der Waals surface area contributed by atoms with Crippen LogP contribution < -0.4 is 10.6 Å². The predicted octanol–water partition coefficient (Wildman–Crippen LogP) is 4.35. The fourth-order valence-corrected chi connectivity index (χ4v) is 3.56. The lowest BCUT2D eigenvalue weighted by molar-refractivity contribution is 0.248. The molecule has 3 N–H and O–H groups in total. The van der Waals surface area contributed by atoms with Crippen LogP contribution in [0.5, 0.6) is 0 Å². The highest BCUT2D eigenvalue weighted by molar-refractivity contribution is 5.59. The monoisotopic (exact) mass is 445 g/mol. The molecule has 0 saturated carbocycles. The zero-order valence-corrected chi connectivity index (χ0v) is 19.5. The second-order valence-electron chi connectivity index (χ2n) is 8.81. The maximum absolute atomic E-state index is 9.74. The molecule has 0 amide bonds. The number of fused-ring (bicyclic) bond motifs is 1. The van der Waals surface area contributed by atoms with Crippen LogP contribution in [0.2, 0.25) is 0 Å². The van der Waals surface area contributed by atoms with Crippen LogP contribution in [0.15, 0.2) is 54.9 Å². The van der Waals surface area contributed by atoms with Gasteiger partial charge in [0.05, 0.1) is 24.5 Å². The number of nitrogens with zero attached hydrogens (tertiary/aromatic N) is 5. The van der Waals surface area contributed by atoms with Crippen LogP contribution in [0.4, 0.5) is 11.9 Å². The van der Waals surface area contributed by atoms with E-state index in [1.807, 2.05) is 48.8 Å². The van der Waals surface area contributed by atoms with E-state index in [1.54, 1.807) is 4.52 Å². The third kappa shape index (κ3) is 5.12. The van der Waals surface area contributed by atoms with Crippen LogP contribution in [-0.2, 0) is 6.54 Å². The average Bonchev–Trinajstić information content (AvgIpc) is 3.26. The first-order chi connectivity index (χ1) is 16.0. The summed E-state index contributed by atoms with van der Waals surface area (Å²) in [5.41, 5.74) is 4.85. The van der Waals surface area contributed by atoms with Crippen molar-refractivity contribution in [3.63, 3.8) is 0 Å². The van der Waals surface area contributed by atoms with E-state index in [-0.39, 0.29) is 24.5 Å². The third-order valence-electron chi connectivity index (χ3n) is 5.68. The second kappa shape index (κ2) is 9.95. The largest absolute Gasteiger partial charge is 0.394 e. The fourth-order valence-electron chi connectivity index (χ4n) is 3.56. The molecule has 0 unspecified atom stereocenters. The number of anilines is 2. The molecule has 33 heavy (non-hydrogen) atoms. The molecular formula is C25H31N7O. The number of nitrogens with one attached hydrogen (secondary N) is 2. The Labute approximate surface area is 194 Å². The normalized spacial score (nSPS) is 12.5. The van der Waals surface area contributed by atoms with E-state index in [9.17, 15) is 5.11 Å². The SMILES string of the molecule is CC(C)c1cnn2c(NCc3ccc(-c4ccccc4)nc3)nc(N[C@@H](CO)C(C)C)nc12. The molecule has 3 aromatic heterocycles. The first kappa shape index (κ1) is 22.7. The van der Waals surface area contributed by atoms with E-state index in [4.69, 9.17) is 4.98 Å². The van der Waals surface area contributed by atoms with Crippen molar-refractivity contribution in [2.24, 2.45) is 5.92 Å². The van der Waals surface area contributed by atoms with Crippen LogP contribution in [0, 0.1) is 5.92 Å². The molecule has 0 saturated heterocycles. The van der Waals surface area contributed by atoms with Crippen molar-refractivity contribution in [2.45, 2.75) is 46.2 Å². The Morgan fingerprint density at radius 2 is 1.76 bits per heavy atom. The summed E-state index contributed by atoms with van der Waals surface area (Å²) in [6.45, 7) is 8.88. The number of aromatic nitrogens is 5. The van der Waals surface area contributed by atoms with Crippen LogP contribution >= 0.6 is 0 Å². The van der Waals surface area contributed by atoms with Crippen LogP contribution in [0.25, 0.3) is 16.9 Å². The predicted molar refractivity (Wildman–Crippen MR) is 131 cm³/mol. The molecule has 0 aliphatic heterocycles. The fraction of sp³-hybridized carbons (Fsp3) is 0.360. The van der Waals surface area contributed by atoms with Gasteiger partial charge in [0, 0.05) is 23.9 Å². The van der Waals surface area contributed by atoms with E-state index in [0.717, 1.165) is 28.0 Å². The Balaban J connectivity index is 1.59. The van der Waals surface area contributed by atoms with Gasteiger partial charge in [-0.25, -0.2) is 0 Å². The molecule has 0 fully saturated rings. The standard InChI is InChI=1S/C25H31N7O/c1-16(2)20-14-28-32-23(20)30-24(29-22(15-33)17(3)4)31-25(32)27-13-18-10-11-21(26-12-18)19-8-6-5-7-9-19/h5-12,14,16-17,22,33H,13,15H2,1-4H3,(H2,27,29,30,31)/t22-/m0/s1. The smallest absolute Gasteiger partial charge is 0.229 e. The summed E-state index contributed by atoms with van der Waals surface area (Å²) in [7, 11) is 0. The molecule has 0 aliphatic carbocycles. The van der Waals surface area contributed by atoms with Gasteiger partial charge in [-0.15, -0.1) is 0 Å². The molecule has 0 radical (unpaired) electrons. The Hall–Kier alpha value is -3.52. The maximum atomic E-state index is 9.74. The number of pyridine rings is 1. The summed E-state index contributed by atoms with van der Waals surface area (Å²) in [5.74, 6) is 1.56. The summed E-state index contributed by atoms with van der Waals surface area (Å²) >= 11 is 0. The van der Waals surface area contributed by atoms with Gasteiger partial charge >= 0.3 is 0 Å². The van der Waals surface area contributed by atoms with Crippen LogP contribution in [-0.4, -0.2) is 42.3 Å². The van der Waals surface area contributed by atoms with Gasteiger partial charge in [0.25, 0.3) is 0 Å². The number of aliphatic hydroxyl groups excluding tert-OH is 1. The Morgan fingerprint density at radius 3 is 2.39 bits per heavy atom. The maximum Gasteiger partial charge on any atom is 0.229 e. The quantitative estimate of drug-likeness (QED) is 0.352. The summed E-state index contributed by atoms with van der Waals surface area (Å²) < 4.78 is 1.73. The molecule has 4 rings (SSSR count). The van der Waals surface area contributed by atoms with Crippen molar-refractivity contribution in [3.05, 3.63) is 66.0 Å². The molecule has 1 aromatic carbocycles. The molecule has 172 valence electrons. The van der Waals surface area contributed by atoms with E-state index in [1.165, 1.54) is 0 Å². The molecule has 3 heterocycles. The van der Waals surface area contributed by atoms with Gasteiger partial charge in [0.15, 0.2) is 5.65 Å². The lowest BCUT2D eigenvalue weighted by atomic mass is 10.1. The zero-order chi connectivity index (χ0) is 23.4. The Bertz CT molecular complexity index is 1190. The summed E-state index contributed by atoms with van der Waals surface area (Å²) in [6, 6.07) is 14.1. The summed E-state index contributed by atoms with van der Waals surface area (Å²) in [6.07, 6.45) is 3.71. The number of rotatable bonds is 9. The highest BCUT2D eigenvalue weighted by Crippen LogP contribution is 2.23. The van der Waals surface area contributed by atoms with Crippen molar-refractivity contribution in [1.82, 2.24) is 24.6 Å². The minimum atomic E-state index is -0.138. The number of aliphatic hydroxyl groups is 1. The number of hydrogen-bond acceptors (Lipinski definition) is 7. The van der Waals surface area contributed by atoms with Gasteiger partial charge in [-0.05, 0) is 23.5 Å². The van der Waals surface area contributed by atoms with Gasteiger partial charge in [-0.2, -0.15) is 19.6 Å². The average molecular weight is 446 g/mol. The Morgan fingerprint density at radius 1 is 0.970 bits per heavy atom.